The van der Waals surface area contributed by atoms with E-state index in [1.807, 2.05) is 53.2 Å². The number of anilines is 1. The second-order valence-electron chi connectivity index (χ2n) is 6.34. The third-order valence-electron chi connectivity index (χ3n) is 4.61. The Labute approximate surface area is 165 Å². The zero-order valence-electron chi connectivity index (χ0n) is 15.1. The lowest BCUT2D eigenvalue weighted by atomic mass is 9.99. The molecule has 0 saturated carbocycles. The minimum atomic E-state index is -0.256. The van der Waals surface area contributed by atoms with Crippen LogP contribution in [0.25, 0.3) is 28.0 Å². The summed E-state index contributed by atoms with van der Waals surface area (Å²) >= 11 is 0. The maximum absolute atomic E-state index is 13.0. The van der Waals surface area contributed by atoms with Crippen molar-refractivity contribution in [2.45, 2.75) is 0 Å². The van der Waals surface area contributed by atoms with Crippen LogP contribution < -0.4 is 5.32 Å². The highest BCUT2D eigenvalue weighted by Gasteiger charge is 2.15. The number of carbonyl (C=O) groups excluding carboxylic acids is 1. The quantitative estimate of drug-likeness (QED) is 0.496. The molecule has 0 aliphatic rings. The first kappa shape index (κ1) is 16.8. The van der Waals surface area contributed by atoms with Crippen molar-refractivity contribution in [2.24, 2.45) is 0 Å². The van der Waals surface area contributed by atoms with Crippen molar-refractivity contribution in [2.75, 3.05) is 5.32 Å². The van der Waals surface area contributed by atoms with Gasteiger partial charge < -0.3 is 14.9 Å². The van der Waals surface area contributed by atoms with Crippen molar-refractivity contribution in [3.8, 4) is 16.8 Å². The van der Waals surface area contributed by atoms with Gasteiger partial charge in [0.2, 0.25) is 0 Å². The molecule has 0 fully saturated rings. The number of nitrogens with one attached hydrogen (secondary N) is 2. The third-order valence-corrected chi connectivity index (χ3v) is 4.61. The van der Waals surface area contributed by atoms with Crippen LogP contribution in [-0.2, 0) is 0 Å². The zero-order chi connectivity index (χ0) is 19.6. The van der Waals surface area contributed by atoms with E-state index in [1.54, 1.807) is 18.6 Å². The molecule has 2 aromatic carbocycles. The Balaban J connectivity index is 1.47. The summed E-state index contributed by atoms with van der Waals surface area (Å²) in [4.78, 5) is 32.3. The molecule has 0 atom stereocenters. The lowest BCUT2D eigenvalue weighted by Gasteiger charge is -2.11. The van der Waals surface area contributed by atoms with Gasteiger partial charge in [0.25, 0.3) is 5.91 Å². The Hall–Kier alpha value is -4.33. The molecule has 0 spiro atoms. The predicted molar refractivity (Wildman–Crippen MR) is 109 cm³/mol. The van der Waals surface area contributed by atoms with Crippen molar-refractivity contribution in [3.63, 3.8) is 0 Å². The van der Waals surface area contributed by atoms with Crippen LogP contribution in [0.15, 0.2) is 79.9 Å². The maximum Gasteiger partial charge on any atom is 0.257 e. The predicted octanol–water partition coefficient (Wildman–Crippen LogP) is 3.46. The number of carbonyl (C=O) groups is 1. The van der Waals surface area contributed by atoms with Gasteiger partial charge in [0, 0.05) is 23.6 Å². The lowest BCUT2D eigenvalue weighted by molar-refractivity contribution is 0.102. The van der Waals surface area contributed by atoms with Gasteiger partial charge in [0.1, 0.15) is 11.8 Å². The van der Waals surface area contributed by atoms with Crippen LogP contribution >= 0.6 is 0 Å². The normalized spacial score (nSPS) is 10.9. The molecule has 8 nitrogen and oxygen atoms in total. The van der Waals surface area contributed by atoms with Crippen LogP contribution in [0.3, 0.4) is 0 Å². The van der Waals surface area contributed by atoms with E-state index in [9.17, 15) is 4.79 Å². The molecule has 2 N–H and O–H groups in total. The summed E-state index contributed by atoms with van der Waals surface area (Å²) in [5.74, 6) is 0.136. The topological polar surface area (TPSA) is 101 Å². The minimum Gasteiger partial charge on any atom is -0.340 e. The number of aromatic nitrogens is 6. The van der Waals surface area contributed by atoms with Crippen LogP contribution in [0.1, 0.15) is 10.4 Å². The highest BCUT2D eigenvalue weighted by atomic mass is 16.1. The standard InChI is InChI=1S/C21H15N7O/c29-21(27-20-18-19(24-11-23-18)25-12-26-20)17-4-2-1-3-16(17)14-5-7-15(8-6-14)28-10-9-22-13-28/h1-13H,(H2,23,24,25,26,27,29). The summed E-state index contributed by atoms with van der Waals surface area (Å²) in [6.45, 7) is 0. The number of nitrogens with zero attached hydrogens (tertiary/aromatic N) is 5. The summed E-state index contributed by atoms with van der Waals surface area (Å²) in [7, 11) is 0. The van der Waals surface area contributed by atoms with Crippen LogP contribution in [0, 0.1) is 0 Å². The molecule has 0 bridgehead atoms. The van der Waals surface area contributed by atoms with E-state index >= 15 is 0 Å². The first-order chi connectivity index (χ1) is 14.3. The molecule has 0 aliphatic heterocycles. The number of benzene rings is 2. The Morgan fingerprint density at radius 2 is 1.86 bits per heavy atom. The number of hydrogen-bond donors (Lipinski definition) is 2. The number of hydrogen-bond acceptors (Lipinski definition) is 5. The minimum absolute atomic E-state index is 0.256. The van der Waals surface area contributed by atoms with E-state index < -0.39 is 0 Å². The zero-order valence-corrected chi connectivity index (χ0v) is 15.1. The van der Waals surface area contributed by atoms with E-state index in [0.717, 1.165) is 16.8 Å². The van der Waals surface area contributed by atoms with Gasteiger partial charge >= 0.3 is 0 Å². The van der Waals surface area contributed by atoms with Gasteiger partial charge in [0.15, 0.2) is 11.5 Å². The van der Waals surface area contributed by atoms with Gasteiger partial charge in [-0.2, -0.15) is 0 Å². The van der Waals surface area contributed by atoms with Gasteiger partial charge in [-0.15, -0.1) is 0 Å². The molecule has 5 aromatic rings. The van der Waals surface area contributed by atoms with Gasteiger partial charge in [-0.25, -0.2) is 19.9 Å². The third kappa shape index (κ3) is 3.12. The fourth-order valence-corrected chi connectivity index (χ4v) is 3.19. The van der Waals surface area contributed by atoms with Gasteiger partial charge in [-0.05, 0) is 29.3 Å². The number of aromatic amines is 1. The van der Waals surface area contributed by atoms with Gasteiger partial charge in [-0.3, -0.25) is 4.79 Å². The van der Waals surface area contributed by atoms with Crippen LogP contribution in [-0.4, -0.2) is 35.4 Å². The second-order valence-corrected chi connectivity index (χ2v) is 6.34. The molecule has 5 rings (SSSR count). The molecule has 3 aromatic heterocycles. The van der Waals surface area contributed by atoms with Gasteiger partial charge in [0.05, 0.1) is 12.7 Å². The number of H-pyrrole nitrogens is 1. The molecule has 8 heteroatoms. The van der Waals surface area contributed by atoms with Crippen molar-refractivity contribution < 1.29 is 4.79 Å². The second kappa shape index (κ2) is 7.01. The SMILES string of the molecule is O=C(Nc1ncnc2nc[nH]c12)c1ccccc1-c1ccc(-n2ccnc2)cc1. The molecule has 0 unspecified atom stereocenters. The summed E-state index contributed by atoms with van der Waals surface area (Å²) in [6.07, 6.45) is 8.25. The average Bonchev–Trinajstić information content (AvgIpc) is 3.46. The average molecular weight is 381 g/mol. The summed E-state index contributed by atoms with van der Waals surface area (Å²) in [5, 5.41) is 2.86. The van der Waals surface area contributed by atoms with Crippen LogP contribution in [0.4, 0.5) is 5.82 Å². The van der Waals surface area contributed by atoms with Gasteiger partial charge in [-0.1, -0.05) is 30.3 Å². The molecule has 0 radical (unpaired) electrons. The van der Waals surface area contributed by atoms with E-state index in [1.165, 1.54) is 12.7 Å². The number of fused-ring (bicyclic) bond motifs is 1. The Morgan fingerprint density at radius 1 is 1.00 bits per heavy atom. The van der Waals surface area contributed by atoms with Crippen molar-refractivity contribution in [1.29, 1.82) is 0 Å². The highest BCUT2D eigenvalue weighted by Crippen LogP contribution is 2.26. The van der Waals surface area contributed by atoms with E-state index in [2.05, 4.69) is 30.2 Å². The van der Waals surface area contributed by atoms with Crippen LogP contribution in [0.2, 0.25) is 0 Å². The lowest BCUT2D eigenvalue weighted by Crippen LogP contribution is -2.14. The molecule has 1 amide bonds. The molecular weight excluding hydrogens is 366 g/mol. The molecular formula is C21H15N7O. The summed E-state index contributed by atoms with van der Waals surface area (Å²) in [6, 6.07) is 15.4. The molecule has 0 aliphatic carbocycles. The van der Waals surface area contributed by atoms with E-state index in [-0.39, 0.29) is 5.91 Å². The maximum atomic E-state index is 13.0. The largest absolute Gasteiger partial charge is 0.340 e. The number of amides is 1. The molecule has 29 heavy (non-hydrogen) atoms. The smallest absolute Gasteiger partial charge is 0.257 e. The van der Waals surface area contributed by atoms with E-state index in [0.29, 0.717) is 22.5 Å². The Bertz CT molecular complexity index is 1290. The fourth-order valence-electron chi connectivity index (χ4n) is 3.19. The Kier molecular flexibility index (Phi) is 4.06. The number of imidazole rings is 2. The molecule has 3 heterocycles. The Morgan fingerprint density at radius 3 is 2.69 bits per heavy atom. The van der Waals surface area contributed by atoms with Crippen molar-refractivity contribution >= 4 is 22.9 Å². The molecule has 140 valence electrons. The summed E-state index contributed by atoms with van der Waals surface area (Å²) < 4.78 is 1.92. The molecule has 0 saturated heterocycles. The first-order valence-electron chi connectivity index (χ1n) is 8.93. The highest BCUT2D eigenvalue weighted by molar-refractivity contribution is 6.10. The summed E-state index contributed by atoms with van der Waals surface area (Å²) in [5.41, 5.74) is 4.40. The van der Waals surface area contributed by atoms with Crippen molar-refractivity contribution in [3.05, 3.63) is 85.5 Å². The van der Waals surface area contributed by atoms with Crippen molar-refractivity contribution in [1.82, 2.24) is 29.5 Å². The van der Waals surface area contributed by atoms with Crippen LogP contribution in [0.5, 0.6) is 0 Å². The van der Waals surface area contributed by atoms with E-state index in [4.69, 9.17) is 0 Å². The first-order valence-corrected chi connectivity index (χ1v) is 8.93. The fraction of sp³-hybridized carbons (Fsp3) is 0. The number of rotatable bonds is 4. The monoisotopic (exact) mass is 381 g/mol.